The highest BCUT2D eigenvalue weighted by Crippen LogP contribution is 2.21. The average molecular weight is 421 g/mol. The molecule has 0 saturated heterocycles. The number of amides is 1. The fourth-order valence-electron chi connectivity index (χ4n) is 2.66. The molecule has 0 heterocycles. The number of hydrogen-bond donors (Lipinski definition) is 1. The van der Waals surface area contributed by atoms with Crippen LogP contribution >= 0.6 is 0 Å². The molecule has 2 rings (SSSR count). The first kappa shape index (κ1) is 22.5. The molecule has 0 aliphatic carbocycles. The normalized spacial score (nSPS) is 12.1. The van der Waals surface area contributed by atoms with Gasteiger partial charge in [0.25, 0.3) is 5.91 Å². The molecular formula is C21H28N2O5S. The molecule has 158 valence electrons. The Morgan fingerprint density at radius 3 is 2.45 bits per heavy atom. The number of rotatable bonds is 10. The van der Waals surface area contributed by atoms with Gasteiger partial charge in [-0.05, 0) is 61.7 Å². The molecule has 0 saturated carbocycles. The fraction of sp³-hybridized carbons (Fsp3) is 0.381. The number of aryl methyl sites for hydroxylation is 1. The van der Waals surface area contributed by atoms with Crippen LogP contribution in [0.3, 0.4) is 0 Å². The first-order chi connectivity index (χ1) is 13.7. The van der Waals surface area contributed by atoms with Crippen LogP contribution in [-0.4, -0.2) is 47.4 Å². The van der Waals surface area contributed by atoms with Crippen molar-refractivity contribution in [2.24, 2.45) is 0 Å². The Hall–Kier alpha value is -2.74. The van der Waals surface area contributed by atoms with Crippen molar-refractivity contribution in [1.29, 1.82) is 0 Å². The maximum Gasteiger partial charge on any atom is 0.260 e. The Morgan fingerprint density at radius 2 is 1.83 bits per heavy atom. The number of sulfonamides is 1. The summed E-state index contributed by atoms with van der Waals surface area (Å²) >= 11 is 0. The monoisotopic (exact) mass is 420 g/mol. The van der Waals surface area contributed by atoms with Crippen LogP contribution in [0.5, 0.6) is 11.5 Å². The lowest BCUT2D eigenvalue weighted by atomic mass is 10.1. The van der Waals surface area contributed by atoms with Gasteiger partial charge >= 0.3 is 0 Å². The summed E-state index contributed by atoms with van der Waals surface area (Å²) in [6.07, 6.45) is 2.11. The largest absolute Gasteiger partial charge is 0.497 e. The second kappa shape index (κ2) is 10.2. The SMILES string of the molecule is COc1cccc(CCCNC(=O)[C@H](C)Oc2ccc(N(C)S(C)(=O)=O)cc2)c1. The molecule has 0 radical (unpaired) electrons. The molecule has 1 amide bonds. The van der Waals surface area contributed by atoms with Crippen LogP contribution in [0.1, 0.15) is 18.9 Å². The fourth-order valence-corrected chi connectivity index (χ4v) is 3.16. The third-order valence-electron chi connectivity index (χ3n) is 4.46. The third-order valence-corrected chi connectivity index (χ3v) is 5.66. The number of nitrogens with zero attached hydrogens (tertiary/aromatic N) is 1. The van der Waals surface area contributed by atoms with E-state index in [4.69, 9.17) is 9.47 Å². The molecule has 0 bridgehead atoms. The van der Waals surface area contributed by atoms with Crippen LogP contribution in [0.15, 0.2) is 48.5 Å². The van der Waals surface area contributed by atoms with E-state index in [1.165, 1.54) is 11.4 Å². The third kappa shape index (κ3) is 6.98. The highest BCUT2D eigenvalue weighted by molar-refractivity contribution is 7.92. The van der Waals surface area contributed by atoms with Crippen molar-refractivity contribution < 1.29 is 22.7 Å². The molecule has 0 aliphatic rings. The maximum absolute atomic E-state index is 12.2. The smallest absolute Gasteiger partial charge is 0.260 e. The summed E-state index contributed by atoms with van der Waals surface area (Å²) in [5.74, 6) is 1.12. The van der Waals surface area contributed by atoms with Gasteiger partial charge in [-0.2, -0.15) is 0 Å². The van der Waals surface area contributed by atoms with Crippen LogP contribution in [0.4, 0.5) is 5.69 Å². The zero-order chi connectivity index (χ0) is 21.4. The molecule has 0 aliphatic heterocycles. The first-order valence-corrected chi connectivity index (χ1v) is 11.2. The van der Waals surface area contributed by atoms with E-state index < -0.39 is 16.1 Å². The van der Waals surface area contributed by atoms with E-state index in [1.54, 1.807) is 38.3 Å². The number of methoxy groups -OCH3 is 1. The quantitative estimate of drug-likeness (QED) is 0.597. The number of anilines is 1. The summed E-state index contributed by atoms with van der Waals surface area (Å²) in [5, 5.41) is 2.87. The topological polar surface area (TPSA) is 84.9 Å². The number of ether oxygens (including phenoxy) is 2. The van der Waals surface area contributed by atoms with Gasteiger partial charge < -0.3 is 14.8 Å². The number of benzene rings is 2. The predicted octanol–water partition coefficient (Wildman–Crippen LogP) is 2.61. The molecular weight excluding hydrogens is 392 g/mol. The number of hydrogen-bond acceptors (Lipinski definition) is 5. The van der Waals surface area contributed by atoms with Gasteiger partial charge in [-0.15, -0.1) is 0 Å². The number of carbonyl (C=O) groups is 1. The van der Waals surface area contributed by atoms with Crippen molar-refractivity contribution in [2.45, 2.75) is 25.9 Å². The Morgan fingerprint density at radius 1 is 1.14 bits per heavy atom. The van der Waals surface area contributed by atoms with Gasteiger partial charge in [-0.1, -0.05) is 12.1 Å². The van der Waals surface area contributed by atoms with Crippen LogP contribution in [0, 0.1) is 0 Å². The van der Waals surface area contributed by atoms with Crippen molar-refractivity contribution in [3.8, 4) is 11.5 Å². The number of carbonyl (C=O) groups excluding carboxylic acids is 1. The second-order valence-corrected chi connectivity index (χ2v) is 8.74. The van der Waals surface area contributed by atoms with Gasteiger partial charge in [0.15, 0.2) is 6.10 Å². The van der Waals surface area contributed by atoms with Gasteiger partial charge in [0, 0.05) is 13.6 Å². The Kier molecular flexibility index (Phi) is 7.90. The zero-order valence-corrected chi connectivity index (χ0v) is 18.0. The van der Waals surface area contributed by atoms with E-state index in [2.05, 4.69) is 5.32 Å². The molecule has 2 aromatic carbocycles. The minimum Gasteiger partial charge on any atom is -0.497 e. The Labute approximate surface area is 172 Å². The highest BCUT2D eigenvalue weighted by Gasteiger charge is 2.15. The second-order valence-electron chi connectivity index (χ2n) is 6.73. The molecule has 29 heavy (non-hydrogen) atoms. The lowest BCUT2D eigenvalue weighted by molar-refractivity contribution is -0.127. The molecule has 0 fully saturated rings. The van der Waals surface area contributed by atoms with E-state index in [1.807, 2.05) is 24.3 Å². The molecule has 2 aromatic rings. The summed E-state index contributed by atoms with van der Waals surface area (Å²) in [5.41, 5.74) is 1.68. The van der Waals surface area contributed by atoms with Gasteiger partial charge in [-0.25, -0.2) is 8.42 Å². The molecule has 7 nitrogen and oxygen atoms in total. The van der Waals surface area contributed by atoms with Crippen molar-refractivity contribution in [2.75, 3.05) is 31.3 Å². The van der Waals surface area contributed by atoms with Crippen molar-refractivity contribution in [3.63, 3.8) is 0 Å². The zero-order valence-electron chi connectivity index (χ0n) is 17.2. The van der Waals surface area contributed by atoms with Gasteiger partial charge in [0.05, 0.1) is 19.1 Å². The van der Waals surface area contributed by atoms with Crippen molar-refractivity contribution in [3.05, 3.63) is 54.1 Å². The van der Waals surface area contributed by atoms with E-state index >= 15 is 0 Å². The maximum atomic E-state index is 12.2. The standard InChI is InChI=1S/C21H28N2O5S/c1-16(28-19-12-10-18(11-13-19)23(2)29(4,25)26)21(24)22-14-6-8-17-7-5-9-20(15-17)27-3/h5,7,9-13,15-16H,6,8,14H2,1-4H3,(H,22,24)/t16-/m0/s1. The lowest BCUT2D eigenvalue weighted by Crippen LogP contribution is -2.36. The minimum atomic E-state index is -3.32. The molecule has 8 heteroatoms. The predicted molar refractivity (Wildman–Crippen MR) is 114 cm³/mol. The van der Waals surface area contributed by atoms with Crippen molar-refractivity contribution in [1.82, 2.24) is 5.32 Å². The molecule has 0 spiro atoms. The summed E-state index contributed by atoms with van der Waals surface area (Å²) in [6.45, 7) is 2.22. The Bertz CT molecular complexity index is 913. The molecule has 1 atom stereocenters. The molecule has 0 aromatic heterocycles. The highest BCUT2D eigenvalue weighted by atomic mass is 32.2. The van der Waals surface area contributed by atoms with Crippen LogP contribution < -0.4 is 19.1 Å². The van der Waals surface area contributed by atoms with Gasteiger partial charge in [0.1, 0.15) is 11.5 Å². The summed E-state index contributed by atoms with van der Waals surface area (Å²) in [6, 6.07) is 14.4. The van der Waals surface area contributed by atoms with E-state index in [9.17, 15) is 13.2 Å². The minimum absolute atomic E-state index is 0.201. The number of nitrogens with one attached hydrogen (secondary N) is 1. The summed E-state index contributed by atoms with van der Waals surface area (Å²) in [4.78, 5) is 12.2. The summed E-state index contributed by atoms with van der Waals surface area (Å²) < 4.78 is 35.2. The molecule has 0 unspecified atom stereocenters. The average Bonchev–Trinajstić information content (AvgIpc) is 2.70. The first-order valence-electron chi connectivity index (χ1n) is 9.32. The van der Waals surface area contributed by atoms with E-state index in [-0.39, 0.29) is 5.91 Å². The van der Waals surface area contributed by atoms with E-state index in [0.717, 1.165) is 30.4 Å². The molecule has 1 N–H and O–H groups in total. The van der Waals surface area contributed by atoms with Crippen LogP contribution in [0.2, 0.25) is 0 Å². The van der Waals surface area contributed by atoms with Crippen LogP contribution in [-0.2, 0) is 21.2 Å². The van der Waals surface area contributed by atoms with Gasteiger partial charge in [-0.3, -0.25) is 9.10 Å². The van der Waals surface area contributed by atoms with Gasteiger partial charge in [0.2, 0.25) is 10.0 Å². The van der Waals surface area contributed by atoms with Crippen LogP contribution in [0.25, 0.3) is 0 Å². The lowest BCUT2D eigenvalue weighted by Gasteiger charge is -2.18. The Balaban J connectivity index is 1.78. The summed E-state index contributed by atoms with van der Waals surface area (Å²) in [7, 11) is -0.205. The van der Waals surface area contributed by atoms with E-state index in [0.29, 0.717) is 18.0 Å². The van der Waals surface area contributed by atoms with Crippen molar-refractivity contribution >= 4 is 21.6 Å².